The van der Waals surface area contributed by atoms with Crippen LogP contribution in [0.3, 0.4) is 0 Å². The number of H-pyrrole nitrogens is 2. The van der Waals surface area contributed by atoms with Crippen LogP contribution in [0.2, 0.25) is 0 Å². The summed E-state index contributed by atoms with van der Waals surface area (Å²) in [7, 11) is 0. The molecule has 0 atom stereocenters. The number of hydrogen-bond acceptors (Lipinski definition) is 4. The molecule has 0 saturated carbocycles. The number of imidazole rings is 2. The Morgan fingerprint density at radius 3 is 2.41 bits per heavy atom. The Labute approximate surface area is 216 Å². The molecule has 0 fully saturated rings. The van der Waals surface area contributed by atoms with Gasteiger partial charge < -0.3 is 9.97 Å². The van der Waals surface area contributed by atoms with Crippen LogP contribution in [0.5, 0.6) is 0 Å². The molecule has 0 spiro atoms. The van der Waals surface area contributed by atoms with Crippen molar-refractivity contribution in [3.63, 3.8) is 0 Å². The van der Waals surface area contributed by atoms with Gasteiger partial charge in [-0.2, -0.15) is 0 Å². The summed E-state index contributed by atoms with van der Waals surface area (Å²) >= 11 is 1.84. The maximum absolute atomic E-state index is 4.81. The minimum absolute atomic E-state index is 0.383. The molecule has 8 aromatic rings. The van der Waals surface area contributed by atoms with E-state index in [0.717, 1.165) is 39.1 Å². The molecule has 0 bridgehead atoms. The molecule has 0 aliphatic rings. The van der Waals surface area contributed by atoms with Gasteiger partial charge in [0.1, 0.15) is 11.6 Å². The summed E-state index contributed by atoms with van der Waals surface area (Å²) in [5, 5.41) is 7.23. The van der Waals surface area contributed by atoms with E-state index in [1.807, 2.05) is 30.7 Å². The second kappa shape index (κ2) is 7.37. The number of hydrogen-bond donors (Lipinski definition) is 2. The first-order chi connectivity index (χ1) is 18.0. The molecule has 8 rings (SSSR count). The van der Waals surface area contributed by atoms with E-state index in [1.165, 1.54) is 47.5 Å². The Bertz CT molecular complexity index is 2200. The third-order valence-electron chi connectivity index (χ3n) is 7.45. The standard InChI is InChI=1S/C31H23N5S/c1-15(2)31-35-25-12-23-20-6-4-18(11-27(20)37-28(23)13-26(25)36-31)17-5-7-21-22(10-17)19-8-9-32-14-24(19)30-29(21)33-16(3)34-30/h4-15H,1-3H3,(H,33,34)(H,35,36). The van der Waals surface area contributed by atoms with Gasteiger partial charge in [-0.3, -0.25) is 4.98 Å². The Balaban J connectivity index is 1.33. The Morgan fingerprint density at radius 2 is 1.54 bits per heavy atom. The van der Waals surface area contributed by atoms with Gasteiger partial charge in [0.2, 0.25) is 0 Å². The first kappa shape index (κ1) is 20.9. The molecule has 4 aromatic heterocycles. The summed E-state index contributed by atoms with van der Waals surface area (Å²) in [5.41, 5.74) is 6.63. The third-order valence-corrected chi connectivity index (χ3v) is 8.57. The molecule has 5 nitrogen and oxygen atoms in total. The van der Waals surface area contributed by atoms with Gasteiger partial charge in [-0.25, -0.2) is 9.97 Å². The van der Waals surface area contributed by atoms with Crippen LogP contribution in [0.25, 0.3) is 74.9 Å². The second-order valence-corrected chi connectivity index (χ2v) is 11.3. The van der Waals surface area contributed by atoms with Gasteiger partial charge in [0, 0.05) is 49.3 Å². The SMILES string of the molecule is Cc1nc2c3cnccc3c3cc(-c4ccc5c(c4)sc4cc6nc(C(C)C)[nH]c6cc45)ccc3c2[nH]1. The molecule has 4 aromatic carbocycles. The number of thiophene rings is 1. The van der Waals surface area contributed by atoms with E-state index < -0.39 is 0 Å². The normalized spacial score (nSPS) is 12.4. The van der Waals surface area contributed by atoms with E-state index >= 15 is 0 Å². The van der Waals surface area contributed by atoms with E-state index in [0.29, 0.717) is 5.92 Å². The van der Waals surface area contributed by atoms with Gasteiger partial charge in [-0.05, 0) is 59.2 Å². The number of nitrogens with zero attached hydrogens (tertiary/aromatic N) is 3. The van der Waals surface area contributed by atoms with Crippen molar-refractivity contribution in [3.05, 3.63) is 78.6 Å². The fraction of sp³-hybridized carbons (Fsp3) is 0.129. The van der Waals surface area contributed by atoms with Gasteiger partial charge in [0.15, 0.2) is 0 Å². The zero-order valence-electron chi connectivity index (χ0n) is 20.7. The molecule has 0 aliphatic heterocycles. The van der Waals surface area contributed by atoms with Crippen LogP contribution in [0.1, 0.15) is 31.4 Å². The average Bonchev–Trinajstić information content (AvgIpc) is 3.61. The average molecular weight is 498 g/mol. The smallest absolute Gasteiger partial charge is 0.109 e. The minimum atomic E-state index is 0.383. The first-order valence-corrected chi connectivity index (χ1v) is 13.4. The van der Waals surface area contributed by atoms with Crippen molar-refractivity contribution in [1.29, 1.82) is 0 Å². The molecule has 6 heteroatoms. The molecule has 0 saturated heterocycles. The van der Waals surface area contributed by atoms with Crippen LogP contribution in [-0.2, 0) is 0 Å². The Morgan fingerprint density at radius 1 is 0.730 bits per heavy atom. The van der Waals surface area contributed by atoms with Crippen LogP contribution in [0.4, 0.5) is 0 Å². The minimum Gasteiger partial charge on any atom is -0.342 e. The molecule has 0 radical (unpaired) electrons. The molecule has 0 aliphatic carbocycles. The highest BCUT2D eigenvalue weighted by Crippen LogP contribution is 2.40. The van der Waals surface area contributed by atoms with Crippen molar-refractivity contribution in [3.8, 4) is 11.1 Å². The largest absolute Gasteiger partial charge is 0.342 e. The zero-order valence-corrected chi connectivity index (χ0v) is 21.5. The van der Waals surface area contributed by atoms with E-state index in [4.69, 9.17) is 9.97 Å². The van der Waals surface area contributed by atoms with Gasteiger partial charge in [0.05, 0.1) is 22.1 Å². The van der Waals surface area contributed by atoms with Gasteiger partial charge >= 0.3 is 0 Å². The van der Waals surface area contributed by atoms with Crippen LogP contribution in [0.15, 0.2) is 67.0 Å². The number of aromatic nitrogens is 5. The zero-order chi connectivity index (χ0) is 24.8. The van der Waals surface area contributed by atoms with Crippen molar-refractivity contribution in [2.24, 2.45) is 0 Å². The molecule has 178 valence electrons. The number of pyridine rings is 1. The van der Waals surface area contributed by atoms with Crippen molar-refractivity contribution >= 4 is 75.1 Å². The van der Waals surface area contributed by atoms with Gasteiger partial charge in [-0.1, -0.05) is 38.1 Å². The molecular formula is C31H23N5S. The Hall–Kier alpha value is -4.29. The van der Waals surface area contributed by atoms with Crippen molar-refractivity contribution in [2.45, 2.75) is 26.7 Å². The maximum Gasteiger partial charge on any atom is 0.109 e. The van der Waals surface area contributed by atoms with Crippen LogP contribution < -0.4 is 0 Å². The van der Waals surface area contributed by atoms with E-state index in [-0.39, 0.29) is 0 Å². The topological polar surface area (TPSA) is 70.2 Å². The third kappa shape index (κ3) is 2.99. The fourth-order valence-corrected chi connectivity index (χ4v) is 6.78. The van der Waals surface area contributed by atoms with Crippen LogP contribution in [-0.4, -0.2) is 24.9 Å². The number of aromatic amines is 2. The van der Waals surface area contributed by atoms with Crippen molar-refractivity contribution < 1.29 is 0 Å². The van der Waals surface area contributed by atoms with E-state index in [2.05, 4.69) is 83.4 Å². The van der Waals surface area contributed by atoms with E-state index in [9.17, 15) is 0 Å². The molecular weight excluding hydrogens is 474 g/mol. The molecule has 0 unspecified atom stereocenters. The highest BCUT2D eigenvalue weighted by molar-refractivity contribution is 7.25. The quantitative estimate of drug-likeness (QED) is 0.235. The summed E-state index contributed by atoms with van der Waals surface area (Å²) in [6.45, 7) is 6.34. The predicted octanol–water partition coefficient (Wildman–Crippen LogP) is 8.61. The number of benzene rings is 4. The lowest BCUT2D eigenvalue weighted by Gasteiger charge is -2.09. The summed E-state index contributed by atoms with van der Waals surface area (Å²) < 4.78 is 2.56. The predicted molar refractivity (Wildman–Crippen MR) is 156 cm³/mol. The number of rotatable bonds is 2. The van der Waals surface area contributed by atoms with Crippen molar-refractivity contribution in [2.75, 3.05) is 0 Å². The lowest BCUT2D eigenvalue weighted by molar-refractivity contribution is 0.799. The van der Waals surface area contributed by atoms with E-state index in [1.54, 1.807) is 0 Å². The summed E-state index contributed by atoms with van der Waals surface area (Å²) in [5.74, 6) is 2.34. The van der Waals surface area contributed by atoms with Gasteiger partial charge in [-0.15, -0.1) is 11.3 Å². The maximum atomic E-state index is 4.81. The highest BCUT2D eigenvalue weighted by Gasteiger charge is 2.15. The van der Waals surface area contributed by atoms with Crippen molar-refractivity contribution in [1.82, 2.24) is 24.9 Å². The van der Waals surface area contributed by atoms with Gasteiger partial charge in [0.25, 0.3) is 0 Å². The summed E-state index contributed by atoms with van der Waals surface area (Å²) in [6, 6.07) is 20.2. The monoisotopic (exact) mass is 497 g/mol. The molecule has 37 heavy (non-hydrogen) atoms. The summed E-state index contributed by atoms with van der Waals surface area (Å²) in [6.07, 6.45) is 3.79. The lowest BCUT2D eigenvalue weighted by atomic mass is 9.96. The molecule has 0 amide bonds. The fourth-order valence-electron chi connectivity index (χ4n) is 5.62. The first-order valence-electron chi connectivity index (χ1n) is 12.6. The van der Waals surface area contributed by atoms with Crippen LogP contribution >= 0.6 is 11.3 Å². The molecule has 4 heterocycles. The lowest BCUT2D eigenvalue weighted by Crippen LogP contribution is -1.88. The molecule has 2 N–H and O–H groups in total. The van der Waals surface area contributed by atoms with Crippen LogP contribution in [0, 0.1) is 6.92 Å². The highest BCUT2D eigenvalue weighted by atomic mass is 32.1. The number of fused-ring (bicyclic) bond motifs is 10. The number of nitrogens with one attached hydrogen (secondary N) is 2. The Kier molecular flexibility index (Phi) is 4.15. The summed E-state index contributed by atoms with van der Waals surface area (Å²) in [4.78, 5) is 20.9. The second-order valence-electron chi connectivity index (χ2n) is 10.2. The number of aryl methyl sites for hydroxylation is 1.